The molecular formula is C21H29IN4O2. The van der Waals surface area contributed by atoms with Crippen molar-refractivity contribution < 1.29 is 9.53 Å². The van der Waals surface area contributed by atoms with Crippen molar-refractivity contribution in [2.75, 3.05) is 26.0 Å². The Balaban J connectivity index is 0.00000392. The lowest BCUT2D eigenvalue weighted by Crippen LogP contribution is -2.38. The number of hydrogen-bond donors (Lipinski definition) is 2. The van der Waals surface area contributed by atoms with E-state index in [9.17, 15) is 4.79 Å². The van der Waals surface area contributed by atoms with E-state index in [1.54, 1.807) is 7.11 Å². The Hall–Kier alpha value is -2.29. The second-order valence-corrected chi connectivity index (χ2v) is 6.26. The second-order valence-electron chi connectivity index (χ2n) is 6.26. The third-order valence-electron chi connectivity index (χ3n) is 3.93. The number of methoxy groups -OCH3 is 1. The number of carbonyl (C=O) groups is 1. The van der Waals surface area contributed by atoms with Gasteiger partial charge in [0.05, 0.1) is 13.7 Å². The number of rotatable bonds is 7. The molecule has 2 rings (SSSR count). The van der Waals surface area contributed by atoms with Gasteiger partial charge in [0.1, 0.15) is 5.75 Å². The smallest absolute Gasteiger partial charge is 0.221 e. The molecule has 0 heterocycles. The summed E-state index contributed by atoms with van der Waals surface area (Å²) in [6.07, 6.45) is 0. The fraction of sp³-hybridized carbons (Fsp3) is 0.333. The summed E-state index contributed by atoms with van der Waals surface area (Å²) in [5.74, 6) is 1.60. The molecule has 1 amide bonds. The average Bonchev–Trinajstić information content (AvgIpc) is 2.65. The number of guanidine groups is 1. The van der Waals surface area contributed by atoms with Gasteiger partial charge in [-0.2, -0.15) is 0 Å². The maximum absolute atomic E-state index is 11.2. The van der Waals surface area contributed by atoms with Crippen LogP contribution in [-0.2, 0) is 17.9 Å². The minimum absolute atomic E-state index is 0. The molecular weight excluding hydrogens is 467 g/mol. The van der Waals surface area contributed by atoms with Gasteiger partial charge >= 0.3 is 0 Å². The van der Waals surface area contributed by atoms with Gasteiger partial charge in [-0.1, -0.05) is 24.3 Å². The molecule has 0 aromatic heterocycles. The molecule has 0 aliphatic heterocycles. The number of halogens is 1. The van der Waals surface area contributed by atoms with E-state index in [1.165, 1.54) is 12.5 Å². The summed E-state index contributed by atoms with van der Waals surface area (Å²) in [5.41, 5.74) is 3.00. The standard InChI is InChI=1S/C21H28N4O2.HI/c1-5-22-21(25(3)15-17-9-11-20(27-4)12-10-17)23-14-18-7-6-8-19(13-18)24-16(2)26;/h6-13H,5,14-15H2,1-4H3,(H,22,23)(H,24,26);1H. The lowest BCUT2D eigenvalue weighted by molar-refractivity contribution is -0.114. The quantitative estimate of drug-likeness (QED) is 0.347. The summed E-state index contributed by atoms with van der Waals surface area (Å²) in [6.45, 7) is 5.61. The van der Waals surface area contributed by atoms with Crippen LogP contribution >= 0.6 is 24.0 Å². The van der Waals surface area contributed by atoms with E-state index in [0.29, 0.717) is 6.54 Å². The number of nitrogens with zero attached hydrogens (tertiary/aromatic N) is 2. The maximum Gasteiger partial charge on any atom is 0.221 e. The van der Waals surface area contributed by atoms with Gasteiger partial charge in [-0.05, 0) is 42.3 Å². The zero-order valence-electron chi connectivity index (χ0n) is 16.9. The van der Waals surface area contributed by atoms with Crippen LogP contribution in [0, 0.1) is 0 Å². The number of carbonyl (C=O) groups excluding carboxylic acids is 1. The summed E-state index contributed by atoms with van der Waals surface area (Å²) in [4.78, 5) is 18.0. The van der Waals surface area contributed by atoms with E-state index in [0.717, 1.165) is 36.0 Å². The number of hydrogen-bond acceptors (Lipinski definition) is 3. The third-order valence-corrected chi connectivity index (χ3v) is 3.93. The minimum Gasteiger partial charge on any atom is -0.497 e. The van der Waals surface area contributed by atoms with Crippen molar-refractivity contribution in [2.24, 2.45) is 4.99 Å². The Morgan fingerprint density at radius 1 is 1.14 bits per heavy atom. The third kappa shape index (κ3) is 7.75. The van der Waals surface area contributed by atoms with Crippen molar-refractivity contribution in [2.45, 2.75) is 26.9 Å². The molecule has 6 nitrogen and oxygen atoms in total. The first-order valence-electron chi connectivity index (χ1n) is 9.00. The van der Waals surface area contributed by atoms with E-state index in [4.69, 9.17) is 9.73 Å². The Morgan fingerprint density at radius 3 is 2.46 bits per heavy atom. The fourth-order valence-corrected chi connectivity index (χ4v) is 2.67. The Labute approximate surface area is 184 Å². The van der Waals surface area contributed by atoms with E-state index in [1.807, 2.05) is 50.4 Å². The molecule has 0 aliphatic carbocycles. The van der Waals surface area contributed by atoms with E-state index in [2.05, 4.69) is 27.7 Å². The Kier molecular flexibility index (Phi) is 10.4. The van der Waals surface area contributed by atoms with Crippen LogP contribution in [0.15, 0.2) is 53.5 Å². The number of aliphatic imine (C=N–C) groups is 1. The molecule has 0 fully saturated rings. The molecule has 28 heavy (non-hydrogen) atoms. The molecule has 152 valence electrons. The van der Waals surface area contributed by atoms with Gasteiger partial charge in [-0.15, -0.1) is 24.0 Å². The van der Waals surface area contributed by atoms with Crippen molar-refractivity contribution in [3.05, 3.63) is 59.7 Å². The van der Waals surface area contributed by atoms with Crippen LogP contribution in [0.4, 0.5) is 5.69 Å². The number of amides is 1. The van der Waals surface area contributed by atoms with Crippen molar-refractivity contribution >= 4 is 41.5 Å². The lowest BCUT2D eigenvalue weighted by atomic mass is 10.2. The molecule has 2 N–H and O–H groups in total. The van der Waals surface area contributed by atoms with Crippen molar-refractivity contribution in [1.82, 2.24) is 10.2 Å². The van der Waals surface area contributed by atoms with Crippen LogP contribution in [0.2, 0.25) is 0 Å². The first-order valence-corrected chi connectivity index (χ1v) is 9.00. The summed E-state index contributed by atoms with van der Waals surface area (Å²) in [7, 11) is 3.68. The van der Waals surface area contributed by atoms with E-state index >= 15 is 0 Å². The Morgan fingerprint density at radius 2 is 1.86 bits per heavy atom. The van der Waals surface area contributed by atoms with Crippen molar-refractivity contribution in [1.29, 1.82) is 0 Å². The largest absolute Gasteiger partial charge is 0.497 e. The van der Waals surface area contributed by atoms with Gasteiger partial charge in [0.15, 0.2) is 5.96 Å². The minimum atomic E-state index is -0.0804. The number of anilines is 1. The molecule has 0 saturated heterocycles. The Bertz CT molecular complexity index is 778. The molecule has 7 heteroatoms. The zero-order valence-corrected chi connectivity index (χ0v) is 19.2. The summed E-state index contributed by atoms with van der Waals surface area (Å²) >= 11 is 0. The summed E-state index contributed by atoms with van der Waals surface area (Å²) in [5, 5.41) is 6.12. The van der Waals surface area contributed by atoms with Crippen LogP contribution in [0.3, 0.4) is 0 Å². The topological polar surface area (TPSA) is 66.0 Å². The first-order chi connectivity index (χ1) is 13.0. The van der Waals surface area contributed by atoms with Gasteiger partial charge in [0.25, 0.3) is 0 Å². The highest BCUT2D eigenvalue weighted by atomic mass is 127. The predicted molar refractivity (Wildman–Crippen MR) is 125 cm³/mol. The van der Waals surface area contributed by atoms with Gasteiger partial charge in [-0.25, -0.2) is 4.99 Å². The van der Waals surface area contributed by atoms with Crippen LogP contribution < -0.4 is 15.4 Å². The fourth-order valence-electron chi connectivity index (χ4n) is 2.67. The lowest BCUT2D eigenvalue weighted by Gasteiger charge is -2.22. The van der Waals surface area contributed by atoms with Gasteiger partial charge < -0.3 is 20.3 Å². The summed E-state index contributed by atoms with van der Waals surface area (Å²) < 4.78 is 5.21. The highest BCUT2D eigenvalue weighted by Gasteiger charge is 2.07. The molecule has 0 aliphatic rings. The van der Waals surface area contributed by atoms with Gasteiger partial charge in [0.2, 0.25) is 5.91 Å². The van der Waals surface area contributed by atoms with Crippen LogP contribution in [-0.4, -0.2) is 37.5 Å². The molecule has 0 atom stereocenters. The molecule has 0 bridgehead atoms. The SMILES string of the molecule is CCNC(=NCc1cccc(NC(C)=O)c1)N(C)Cc1ccc(OC)cc1.I. The van der Waals surface area contributed by atoms with Crippen LogP contribution in [0.25, 0.3) is 0 Å². The van der Waals surface area contributed by atoms with Crippen molar-refractivity contribution in [3.63, 3.8) is 0 Å². The van der Waals surface area contributed by atoms with Crippen LogP contribution in [0.1, 0.15) is 25.0 Å². The summed E-state index contributed by atoms with van der Waals surface area (Å²) in [6, 6.07) is 15.8. The molecule has 2 aromatic carbocycles. The number of benzene rings is 2. The number of ether oxygens (including phenoxy) is 1. The molecule has 2 aromatic rings. The van der Waals surface area contributed by atoms with Crippen molar-refractivity contribution in [3.8, 4) is 5.75 Å². The zero-order chi connectivity index (χ0) is 19.6. The molecule has 0 spiro atoms. The van der Waals surface area contributed by atoms with Gasteiger partial charge in [-0.3, -0.25) is 4.79 Å². The number of nitrogens with one attached hydrogen (secondary N) is 2. The second kappa shape index (κ2) is 12.2. The predicted octanol–water partition coefficient (Wildman–Crippen LogP) is 3.87. The van der Waals surface area contributed by atoms with E-state index in [-0.39, 0.29) is 29.9 Å². The molecule has 0 radical (unpaired) electrons. The van der Waals surface area contributed by atoms with Gasteiger partial charge in [0, 0.05) is 32.7 Å². The maximum atomic E-state index is 11.2. The highest BCUT2D eigenvalue weighted by molar-refractivity contribution is 14.0. The van der Waals surface area contributed by atoms with E-state index < -0.39 is 0 Å². The molecule has 0 saturated carbocycles. The highest BCUT2D eigenvalue weighted by Crippen LogP contribution is 2.14. The molecule has 0 unspecified atom stereocenters. The first kappa shape index (κ1) is 23.7. The van der Waals surface area contributed by atoms with Crippen LogP contribution in [0.5, 0.6) is 5.75 Å². The normalized spacial score (nSPS) is 10.6. The monoisotopic (exact) mass is 496 g/mol. The average molecular weight is 496 g/mol.